The first kappa shape index (κ1) is 22.5. The van der Waals surface area contributed by atoms with Crippen molar-refractivity contribution in [3.05, 3.63) is 65.2 Å². The first-order valence-electron chi connectivity index (χ1n) is 8.01. The zero-order valence-corrected chi connectivity index (χ0v) is 16.0. The maximum Gasteiger partial charge on any atom is 0.416 e. The minimum Gasteiger partial charge on any atom is -0.467 e. The molecule has 2 unspecified atom stereocenters. The topological polar surface area (TPSA) is 67.4 Å². The summed E-state index contributed by atoms with van der Waals surface area (Å²) in [6.07, 6.45) is -4.91. The van der Waals surface area contributed by atoms with Crippen LogP contribution in [-0.2, 0) is 21.4 Å². The third kappa shape index (κ3) is 6.12. The molecule has 2 aromatic carbocycles. The van der Waals surface area contributed by atoms with E-state index in [0.29, 0.717) is 17.7 Å². The number of amides is 2. The van der Waals surface area contributed by atoms with Gasteiger partial charge in [-0.25, -0.2) is 9.59 Å². The molecule has 0 saturated heterocycles. The highest BCUT2D eigenvalue weighted by Crippen LogP contribution is 2.40. The summed E-state index contributed by atoms with van der Waals surface area (Å²) in [6.45, 7) is 0. The van der Waals surface area contributed by atoms with Crippen LogP contribution in [0.15, 0.2) is 48.5 Å². The van der Waals surface area contributed by atoms with Crippen molar-refractivity contribution in [2.24, 2.45) is 0 Å². The third-order valence-corrected chi connectivity index (χ3v) is 4.08. The van der Waals surface area contributed by atoms with Crippen LogP contribution < -0.4 is 10.6 Å². The molecule has 156 valence electrons. The summed E-state index contributed by atoms with van der Waals surface area (Å²) in [6, 6.07) is 7.10. The van der Waals surface area contributed by atoms with Gasteiger partial charge in [0.1, 0.15) is 0 Å². The van der Waals surface area contributed by atoms with Crippen LogP contribution in [0, 0.1) is 0 Å². The van der Waals surface area contributed by atoms with Gasteiger partial charge in [0.2, 0.25) is 0 Å². The number of hydrogen-bond donors (Lipinski definition) is 2. The number of ether oxygens (including phenoxy) is 1. The second-order valence-electron chi connectivity index (χ2n) is 5.89. The van der Waals surface area contributed by atoms with Gasteiger partial charge in [0, 0.05) is 11.3 Å². The molecular formula is C18H16F5N2O3P. The molecule has 0 bridgehead atoms. The lowest BCUT2D eigenvalue weighted by Crippen LogP contribution is -2.37. The Kier molecular flexibility index (Phi) is 6.79. The van der Waals surface area contributed by atoms with Crippen LogP contribution in [0.25, 0.3) is 0 Å². The Bertz CT molecular complexity index is 853. The van der Waals surface area contributed by atoms with Crippen LogP contribution in [-0.4, -0.2) is 19.1 Å². The van der Waals surface area contributed by atoms with Crippen molar-refractivity contribution < 1.29 is 36.3 Å². The number of rotatable bonds is 5. The van der Waals surface area contributed by atoms with E-state index in [4.69, 9.17) is 0 Å². The van der Waals surface area contributed by atoms with Crippen molar-refractivity contribution in [1.82, 2.24) is 5.32 Å². The summed E-state index contributed by atoms with van der Waals surface area (Å²) >= 11 is 0. The van der Waals surface area contributed by atoms with Gasteiger partial charge in [-0.05, 0) is 23.8 Å². The molecule has 0 aliphatic carbocycles. The summed E-state index contributed by atoms with van der Waals surface area (Å²) in [5.74, 6) is -0.826. The van der Waals surface area contributed by atoms with Crippen molar-refractivity contribution in [2.75, 3.05) is 12.4 Å². The van der Waals surface area contributed by atoms with Crippen molar-refractivity contribution in [3.63, 3.8) is 0 Å². The quantitative estimate of drug-likeness (QED) is 0.409. The molecule has 0 fully saturated rings. The molecule has 0 saturated carbocycles. The molecule has 0 spiro atoms. The smallest absolute Gasteiger partial charge is 0.416 e. The highest BCUT2D eigenvalue weighted by molar-refractivity contribution is 7.17. The Labute approximate surface area is 164 Å². The Morgan fingerprint density at radius 3 is 2.10 bits per heavy atom. The standard InChI is InChI=1S/C18H16F5N2O3P/c1-28-15(26)14(10-5-3-2-4-6-10)25-16(27)24-13-8-11(17(19,20)21)7-12(9-13)18(22,23)29/h2-9,14H,29H2,1H3,(H2,24,25,27). The second kappa shape index (κ2) is 8.73. The molecule has 2 N–H and O–H groups in total. The van der Waals surface area contributed by atoms with Gasteiger partial charge in [0.15, 0.2) is 6.04 Å². The fourth-order valence-corrected chi connectivity index (χ4v) is 2.56. The van der Waals surface area contributed by atoms with Crippen molar-refractivity contribution in [3.8, 4) is 0 Å². The summed E-state index contributed by atoms with van der Waals surface area (Å²) < 4.78 is 70.7. The average Bonchev–Trinajstić information content (AvgIpc) is 2.64. The molecule has 0 aromatic heterocycles. The van der Waals surface area contributed by atoms with E-state index in [0.717, 1.165) is 16.3 Å². The molecule has 11 heteroatoms. The van der Waals surface area contributed by atoms with Crippen molar-refractivity contribution >= 4 is 26.9 Å². The fraction of sp³-hybridized carbons (Fsp3) is 0.222. The molecule has 2 aromatic rings. The maximum atomic E-state index is 13.5. The Morgan fingerprint density at radius 2 is 1.59 bits per heavy atom. The number of nitrogens with one attached hydrogen (secondary N) is 2. The van der Waals surface area contributed by atoms with Gasteiger partial charge in [0.25, 0.3) is 5.66 Å². The average molecular weight is 434 g/mol. The number of esters is 1. The van der Waals surface area contributed by atoms with E-state index in [-0.39, 0.29) is 6.07 Å². The summed E-state index contributed by atoms with van der Waals surface area (Å²) in [7, 11) is 2.23. The number of methoxy groups -OCH3 is 1. The highest BCUT2D eigenvalue weighted by Gasteiger charge is 2.35. The van der Waals surface area contributed by atoms with Gasteiger partial charge >= 0.3 is 18.2 Å². The molecule has 5 nitrogen and oxygen atoms in total. The van der Waals surface area contributed by atoms with E-state index in [1.807, 2.05) is 5.32 Å². The molecule has 2 amide bonds. The van der Waals surface area contributed by atoms with Crippen LogP contribution in [0.5, 0.6) is 0 Å². The number of alkyl halides is 5. The number of urea groups is 1. The lowest BCUT2D eigenvalue weighted by atomic mass is 10.1. The van der Waals surface area contributed by atoms with Gasteiger partial charge in [-0.15, -0.1) is 0 Å². The summed E-state index contributed by atoms with van der Waals surface area (Å²) in [5.41, 5.74) is -6.13. The number of halogens is 5. The lowest BCUT2D eigenvalue weighted by Gasteiger charge is -2.19. The monoisotopic (exact) mass is 434 g/mol. The number of anilines is 1. The van der Waals surface area contributed by atoms with Crippen LogP contribution in [0.1, 0.15) is 22.7 Å². The van der Waals surface area contributed by atoms with E-state index in [1.165, 1.54) is 12.1 Å². The van der Waals surface area contributed by atoms with Crippen molar-refractivity contribution in [1.29, 1.82) is 0 Å². The van der Waals surface area contributed by atoms with Crippen LogP contribution >= 0.6 is 9.24 Å². The second-order valence-corrected chi connectivity index (χ2v) is 6.61. The lowest BCUT2D eigenvalue weighted by molar-refractivity contribution is -0.143. The first-order valence-corrected chi connectivity index (χ1v) is 8.59. The number of carbonyl (C=O) groups is 2. The molecule has 0 aliphatic rings. The van der Waals surface area contributed by atoms with E-state index >= 15 is 0 Å². The normalized spacial score (nSPS) is 12.8. The van der Waals surface area contributed by atoms with Crippen LogP contribution in [0.2, 0.25) is 0 Å². The maximum absolute atomic E-state index is 13.5. The molecule has 0 heterocycles. The zero-order valence-electron chi connectivity index (χ0n) is 14.9. The zero-order chi connectivity index (χ0) is 21.8. The van der Waals surface area contributed by atoms with Crippen LogP contribution in [0.4, 0.5) is 32.4 Å². The Morgan fingerprint density at radius 1 is 1.00 bits per heavy atom. The van der Waals surface area contributed by atoms with Gasteiger partial charge in [-0.1, -0.05) is 39.6 Å². The highest BCUT2D eigenvalue weighted by atomic mass is 31.0. The molecule has 29 heavy (non-hydrogen) atoms. The molecule has 2 atom stereocenters. The molecular weight excluding hydrogens is 418 g/mol. The molecule has 0 aliphatic heterocycles. The number of carbonyl (C=O) groups excluding carboxylic acids is 2. The van der Waals surface area contributed by atoms with E-state index in [1.54, 1.807) is 18.2 Å². The van der Waals surface area contributed by atoms with Gasteiger partial charge in [-0.3, -0.25) is 0 Å². The summed E-state index contributed by atoms with van der Waals surface area (Å²) in [4.78, 5) is 24.2. The minimum atomic E-state index is -4.91. The third-order valence-electron chi connectivity index (χ3n) is 3.75. The largest absolute Gasteiger partial charge is 0.467 e. The van der Waals surface area contributed by atoms with E-state index in [2.05, 4.69) is 10.1 Å². The molecule has 0 radical (unpaired) electrons. The summed E-state index contributed by atoms with van der Waals surface area (Å²) in [5, 5.41) is 4.30. The molecule has 2 rings (SSSR count). The Hall–Kier alpha value is -2.74. The van der Waals surface area contributed by atoms with E-state index < -0.39 is 46.7 Å². The van der Waals surface area contributed by atoms with E-state index in [9.17, 15) is 31.5 Å². The van der Waals surface area contributed by atoms with Crippen molar-refractivity contribution in [2.45, 2.75) is 17.9 Å². The fourth-order valence-electron chi connectivity index (χ4n) is 2.40. The van der Waals surface area contributed by atoms with Gasteiger partial charge < -0.3 is 15.4 Å². The predicted octanol–water partition coefficient (Wildman–Crippen LogP) is 4.67. The Balaban J connectivity index is 2.30. The minimum absolute atomic E-state index is 0.289. The number of hydrogen-bond acceptors (Lipinski definition) is 3. The SMILES string of the molecule is COC(=O)C(NC(=O)Nc1cc(C(F)(F)F)cc(C(F)(F)P)c1)c1ccccc1. The van der Waals surface area contributed by atoms with Crippen LogP contribution in [0.3, 0.4) is 0 Å². The number of benzene rings is 2. The van der Waals surface area contributed by atoms with Gasteiger partial charge in [0.05, 0.1) is 12.7 Å². The first-order chi connectivity index (χ1) is 13.4. The van der Waals surface area contributed by atoms with Gasteiger partial charge in [-0.2, -0.15) is 22.0 Å². The predicted molar refractivity (Wildman–Crippen MR) is 98.4 cm³/mol.